The van der Waals surface area contributed by atoms with Crippen LogP contribution in [0, 0.1) is 17.0 Å². The minimum Gasteiger partial charge on any atom is -0.375 e. The van der Waals surface area contributed by atoms with Gasteiger partial charge in [-0.2, -0.15) is 0 Å². The number of aryl methyl sites for hydroxylation is 1. The Morgan fingerprint density at radius 3 is 2.80 bits per heavy atom. The standard InChI is InChI=1S/C14H18N2O4/c1-10(2)9-20-7-6-15-14(17)12-5-4-11(3)13(8-12)16(18)19/h4-5,8H,1,6-7,9H2,2-3H3,(H,15,17). The van der Waals surface area contributed by atoms with Crippen LogP contribution >= 0.6 is 0 Å². The fraction of sp³-hybridized carbons (Fsp3) is 0.357. The molecule has 0 atom stereocenters. The quantitative estimate of drug-likeness (QED) is 0.359. The molecule has 0 aliphatic heterocycles. The molecule has 0 aliphatic carbocycles. The number of hydrogen-bond acceptors (Lipinski definition) is 4. The molecular weight excluding hydrogens is 260 g/mol. The number of nitro benzene ring substituents is 1. The molecule has 0 spiro atoms. The molecule has 0 saturated carbocycles. The van der Waals surface area contributed by atoms with Crippen LogP contribution < -0.4 is 5.32 Å². The molecule has 1 amide bonds. The average molecular weight is 278 g/mol. The Morgan fingerprint density at radius 2 is 2.20 bits per heavy atom. The number of ether oxygens (including phenoxy) is 1. The van der Waals surface area contributed by atoms with Gasteiger partial charge in [0.2, 0.25) is 0 Å². The Bertz CT molecular complexity index is 526. The molecule has 1 aromatic rings. The second kappa shape index (κ2) is 7.40. The van der Waals surface area contributed by atoms with E-state index < -0.39 is 4.92 Å². The second-order valence-corrected chi connectivity index (χ2v) is 4.52. The van der Waals surface area contributed by atoms with Gasteiger partial charge in [0.25, 0.3) is 11.6 Å². The third kappa shape index (κ3) is 4.81. The zero-order valence-electron chi connectivity index (χ0n) is 11.6. The van der Waals surface area contributed by atoms with Crippen molar-refractivity contribution in [3.05, 3.63) is 51.6 Å². The van der Waals surface area contributed by atoms with Crippen molar-refractivity contribution in [1.82, 2.24) is 5.32 Å². The van der Waals surface area contributed by atoms with Gasteiger partial charge in [0.15, 0.2) is 0 Å². The fourth-order valence-corrected chi connectivity index (χ4v) is 1.53. The van der Waals surface area contributed by atoms with E-state index in [9.17, 15) is 14.9 Å². The maximum Gasteiger partial charge on any atom is 0.273 e. The van der Waals surface area contributed by atoms with Crippen molar-refractivity contribution in [3.8, 4) is 0 Å². The zero-order chi connectivity index (χ0) is 15.1. The summed E-state index contributed by atoms with van der Waals surface area (Å²) in [4.78, 5) is 22.1. The van der Waals surface area contributed by atoms with E-state index >= 15 is 0 Å². The lowest BCUT2D eigenvalue weighted by atomic mass is 10.1. The van der Waals surface area contributed by atoms with E-state index in [0.29, 0.717) is 25.3 Å². The van der Waals surface area contributed by atoms with Gasteiger partial charge in [-0.15, -0.1) is 0 Å². The molecule has 6 heteroatoms. The number of hydrogen-bond donors (Lipinski definition) is 1. The van der Waals surface area contributed by atoms with Crippen LogP contribution in [0.5, 0.6) is 0 Å². The number of nitrogens with one attached hydrogen (secondary N) is 1. The third-order valence-corrected chi connectivity index (χ3v) is 2.55. The monoisotopic (exact) mass is 278 g/mol. The van der Waals surface area contributed by atoms with Gasteiger partial charge in [0.05, 0.1) is 18.1 Å². The molecule has 1 rings (SSSR count). The molecule has 1 aromatic carbocycles. The van der Waals surface area contributed by atoms with Crippen molar-refractivity contribution in [2.75, 3.05) is 19.8 Å². The predicted octanol–water partition coefficient (Wildman–Crippen LogP) is 2.23. The average Bonchev–Trinajstić information content (AvgIpc) is 2.37. The second-order valence-electron chi connectivity index (χ2n) is 4.52. The van der Waals surface area contributed by atoms with Gasteiger partial charge in [-0.05, 0) is 19.9 Å². The summed E-state index contributed by atoms with van der Waals surface area (Å²) >= 11 is 0. The summed E-state index contributed by atoms with van der Waals surface area (Å²) in [6, 6.07) is 4.40. The molecule has 0 aliphatic rings. The van der Waals surface area contributed by atoms with Gasteiger partial charge in [0.1, 0.15) is 0 Å². The van der Waals surface area contributed by atoms with Crippen LogP contribution in [0.25, 0.3) is 0 Å². The third-order valence-electron chi connectivity index (χ3n) is 2.55. The molecule has 0 fully saturated rings. The largest absolute Gasteiger partial charge is 0.375 e. The molecule has 0 unspecified atom stereocenters. The fourth-order valence-electron chi connectivity index (χ4n) is 1.53. The number of nitrogens with zero attached hydrogens (tertiary/aromatic N) is 1. The lowest BCUT2D eigenvalue weighted by Crippen LogP contribution is -2.27. The number of carbonyl (C=O) groups excluding carboxylic acids is 1. The van der Waals surface area contributed by atoms with E-state index in [4.69, 9.17) is 4.74 Å². The molecule has 0 saturated heterocycles. The van der Waals surface area contributed by atoms with Crippen LogP contribution in [-0.4, -0.2) is 30.6 Å². The highest BCUT2D eigenvalue weighted by Gasteiger charge is 2.14. The Morgan fingerprint density at radius 1 is 1.50 bits per heavy atom. The molecule has 0 heterocycles. The van der Waals surface area contributed by atoms with E-state index in [1.807, 2.05) is 6.92 Å². The summed E-state index contributed by atoms with van der Waals surface area (Å²) in [5, 5.41) is 13.4. The summed E-state index contributed by atoms with van der Waals surface area (Å²) < 4.78 is 5.24. The van der Waals surface area contributed by atoms with Crippen molar-refractivity contribution in [1.29, 1.82) is 0 Å². The van der Waals surface area contributed by atoms with Crippen LogP contribution in [0.1, 0.15) is 22.8 Å². The van der Waals surface area contributed by atoms with Crippen LogP contribution in [0.15, 0.2) is 30.4 Å². The van der Waals surface area contributed by atoms with Crippen molar-refractivity contribution >= 4 is 11.6 Å². The highest BCUT2D eigenvalue weighted by Crippen LogP contribution is 2.19. The summed E-state index contributed by atoms with van der Waals surface area (Å²) in [5.74, 6) is -0.355. The topological polar surface area (TPSA) is 81.5 Å². The number of rotatable bonds is 7. The smallest absolute Gasteiger partial charge is 0.273 e. The van der Waals surface area contributed by atoms with E-state index in [-0.39, 0.29) is 17.2 Å². The van der Waals surface area contributed by atoms with Gasteiger partial charge >= 0.3 is 0 Å². The molecule has 6 nitrogen and oxygen atoms in total. The van der Waals surface area contributed by atoms with E-state index in [1.165, 1.54) is 6.07 Å². The first-order valence-corrected chi connectivity index (χ1v) is 6.17. The van der Waals surface area contributed by atoms with Gasteiger partial charge in [0, 0.05) is 23.7 Å². The van der Waals surface area contributed by atoms with Crippen molar-refractivity contribution < 1.29 is 14.5 Å². The summed E-state index contributed by atoms with van der Waals surface area (Å²) in [5.41, 5.74) is 1.64. The summed E-state index contributed by atoms with van der Waals surface area (Å²) in [6.45, 7) is 8.33. The maximum absolute atomic E-state index is 11.8. The first-order chi connectivity index (χ1) is 9.41. The molecule has 0 aromatic heterocycles. The van der Waals surface area contributed by atoms with Crippen molar-refractivity contribution in [2.45, 2.75) is 13.8 Å². The minimum atomic E-state index is -0.498. The molecule has 1 N–H and O–H groups in total. The zero-order valence-corrected chi connectivity index (χ0v) is 11.6. The van der Waals surface area contributed by atoms with Crippen LogP contribution in [0.3, 0.4) is 0 Å². The van der Waals surface area contributed by atoms with Gasteiger partial charge in [-0.3, -0.25) is 14.9 Å². The number of carbonyl (C=O) groups is 1. The lowest BCUT2D eigenvalue weighted by Gasteiger charge is -2.07. The van der Waals surface area contributed by atoms with Gasteiger partial charge < -0.3 is 10.1 Å². The molecule has 108 valence electrons. The number of benzene rings is 1. The Hall–Kier alpha value is -2.21. The first kappa shape index (κ1) is 15.8. The predicted molar refractivity (Wildman–Crippen MR) is 75.8 cm³/mol. The molecule has 20 heavy (non-hydrogen) atoms. The van der Waals surface area contributed by atoms with E-state index in [2.05, 4.69) is 11.9 Å². The van der Waals surface area contributed by atoms with Crippen LogP contribution in [0.4, 0.5) is 5.69 Å². The molecule has 0 bridgehead atoms. The maximum atomic E-state index is 11.8. The Labute approximate surface area is 117 Å². The highest BCUT2D eigenvalue weighted by atomic mass is 16.6. The van der Waals surface area contributed by atoms with E-state index in [1.54, 1.807) is 19.1 Å². The van der Waals surface area contributed by atoms with Gasteiger partial charge in [-0.1, -0.05) is 18.2 Å². The SMILES string of the molecule is C=C(C)COCCNC(=O)c1ccc(C)c([N+](=O)[O-])c1. The Kier molecular flexibility index (Phi) is 5.86. The molecule has 0 radical (unpaired) electrons. The highest BCUT2D eigenvalue weighted by molar-refractivity contribution is 5.94. The van der Waals surface area contributed by atoms with Crippen LogP contribution in [-0.2, 0) is 4.74 Å². The normalized spacial score (nSPS) is 10.1. The van der Waals surface area contributed by atoms with Gasteiger partial charge in [-0.25, -0.2) is 0 Å². The van der Waals surface area contributed by atoms with Crippen LogP contribution in [0.2, 0.25) is 0 Å². The summed E-state index contributed by atoms with van der Waals surface area (Å²) in [7, 11) is 0. The Balaban J connectivity index is 2.53. The lowest BCUT2D eigenvalue weighted by molar-refractivity contribution is -0.385. The number of amides is 1. The number of nitro groups is 1. The van der Waals surface area contributed by atoms with Crippen molar-refractivity contribution in [3.63, 3.8) is 0 Å². The van der Waals surface area contributed by atoms with Crippen molar-refractivity contribution in [2.24, 2.45) is 0 Å². The van der Waals surface area contributed by atoms with E-state index in [0.717, 1.165) is 5.57 Å². The minimum absolute atomic E-state index is 0.0591. The summed E-state index contributed by atoms with van der Waals surface area (Å²) in [6.07, 6.45) is 0. The first-order valence-electron chi connectivity index (χ1n) is 6.17. The molecular formula is C14H18N2O4.